The SMILES string of the molecule is CCCCC/C=C\C/C=C\C/C=C\CCCCCCCCC(=O)OC1C(OCC(NC(=O)C(O)C/C=C/C/C=C\CCCCCCCC)C(O)/C=C/CCCCCCCCCCC)OC(CO)C(O)C1O. The fourth-order valence-electron chi connectivity index (χ4n) is 8.46. The summed E-state index contributed by atoms with van der Waals surface area (Å²) in [5.41, 5.74) is 0. The van der Waals surface area contributed by atoms with Gasteiger partial charge < -0.3 is 45.1 Å². The third-order valence-electron chi connectivity index (χ3n) is 13.1. The average molecular weight is 1000 g/mol. The fourth-order valence-corrected chi connectivity index (χ4v) is 8.46. The molecule has 1 aliphatic heterocycles. The van der Waals surface area contributed by atoms with Crippen LogP contribution in [0, 0.1) is 0 Å². The molecule has 1 heterocycles. The Kier molecular flexibility index (Phi) is 44.8. The van der Waals surface area contributed by atoms with Crippen molar-refractivity contribution in [2.45, 2.75) is 282 Å². The van der Waals surface area contributed by atoms with E-state index < -0.39 is 67.4 Å². The van der Waals surface area contributed by atoms with Crippen LogP contribution in [-0.4, -0.2) is 99.6 Å². The highest BCUT2D eigenvalue weighted by atomic mass is 16.7. The van der Waals surface area contributed by atoms with Crippen molar-refractivity contribution >= 4 is 11.9 Å². The van der Waals surface area contributed by atoms with Crippen LogP contribution in [0.15, 0.2) is 72.9 Å². The second-order valence-electron chi connectivity index (χ2n) is 19.7. The molecule has 8 unspecified atom stereocenters. The number of carbonyl (C=O) groups excluding carboxylic acids is 2. The molecule has 1 aliphatic rings. The van der Waals surface area contributed by atoms with Gasteiger partial charge in [-0.1, -0.05) is 216 Å². The summed E-state index contributed by atoms with van der Waals surface area (Å²) in [4.78, 5) is 26.4. The van der Waals surface area contributed by atoms with Gasteiger partial charge in [-0.2, -0.15) is 0 Å². The molecular formula is C60H105NO10. The topological polar surface area (TPSA) is 175 Å². The molecular weight excluding hydrogens is 895 g/mol. The van der Waals surface area contributed by atoms with E-state index in [0.29, 0.717) is 12.8 Å². The summed E-state index contributed by atoms with van der Waals surface area (Å²) in [5, 5.41) is 56.6. The van der Waals surface area contributed by atoms with Gasteiger partial charge in [-0.15, -0.1) is 0 Å². The Labute approximate surface area is 432 Å². The van der Waals surface area contributed by atoms with Gasteiger partial charge in [0.2, 0.25) is 5.91 Å². The zero-order valence-corrected chi connectivity index (χ0v) is 45.1. The van der Waals surface area contributed by atoms with Gasteiger partial charge in [-0.3, -0.25) is 9.59 Å². The Morgan fingerprint density at radius 3 is 1.48 bits per heavy atom. The number of aliphatic hydroxyl groups is 5. The third kappa shape index (κ3) is 36.6. The molecule has 1 rings (SSSR count). The van der Waals surface area contributed by atoms with Crippen molar-refractivity contribution in [1.29, 1.82) is 0 Å². The van der Waals surface area contributed by atoms with Crippen molar-refractivity contribution in [1.82, 2.24) is 5.32 Å². The normalized spacial score (nSPS) is 20.1. The zero-order chi connectivity index (χ0) is 51.8. The molecule has 0 bridgehead atoms. The van der Waals surface area contributed by atoms with Crippen LogP contribution in [0.1, 0.15) is 233 Å². The van der Waals surface area contributed by atoms with Crippen LogP contribution in [0.3, 0.4) is 0 Å². The number of unbranched alkanes of at least 4 members (excludes halogenated alkanes) is 24. The molecule has 1 saturated heterocycles. The van der Waals surface area contributed by atoms with E-state index in [-0.39, 0.29) is 19.4 Å². The van der Waals surface area contributed by atoms with E-state index in [2.05, 4.69) is 74.7 Å². The van der Waals surface area contributed by atoms with Crippen molar-refractivity contribution in [3.8, 4) is 0 Å². The van der Waals surface area contributed by atoms with Crippen LogP contribution in [0.25, 0.3) is 0 Å². The van der Waals surface area contributed by atoms with E-state index >= 15 is 0 Å². The molecule has 0 aromatic heterocycles. The van der Waals surface area contributed by atoms with Crippen LogP contribution in [0.4, 0.5) is 0 Å². The second kappa shape index (κ2) is 48.1. The van der Waals surface area contributed by atoms with E-state index in [1.54, 1.807) is 12.2 Å². The van der Waals surface area contributed by atoms with Gasteiger partial charge in [0, 0.05) is 12.8 Å². The van der Waals surface area contributed by atoms with Crippen molar-refractivity contribution in [2.24, 2.45) is 0 Å². The Hall–Kier alpha value is -2.90. The number of hydrogen-bond acceptors (Lipinski definition) is 10. The number of carbonyl (C=O) groups is 2. The quantitative estimate of drug-likeness (QED) is 0.0196. The molecule has 0 aromatic carbocycles. The lowest BCUT2D eigenvalue weighted by atomic mass is 9.99. The Morgan fingerprint density at radius 1 is 0.549 bits per heavy atom. The van der Waals surface area contributed by atoms with Gasteiger partial charge in [0.15, 0.2) is 12.4 Å². The van der Waals surface area contributed by atoms with Gasteiger partial charge in [-0.25, -0.2) is 0 Å². The number of ether oxygens (including phenoxy) is 3. The summed E-state index contributed by atoms with van der Waals surface area (Å²) >= 11 is 0. The van der Waals surface area contributed by atoms with Crippen LogP contribution >= 0.6 is 0 Å². The largest absolute Gasteiger partial charge is 0.454 e. The number of rotatable bonds is 47. The van der Waals surface area contributed by atoms with Gasteiger partial charge in [-0.05, 0) is 77.0 Å². The lowest BCUT2D eigenvalue weighted by Gasteiger charge is -2.41. The molecule has 0 aliphatic carbocycles. The average Bonchev–Trinajstić information content (AvgIpc) is 3.37. The van der Waals surface area contributed by atoms with Gasteiger partial charge in [0.05, 0.1) is 25.4 Å². The summed E-state index contributed by atoms with van der Waals surface area (Å²) in [6.45, 7) is 5.68. The molecule has 1 amide bonds. The standard InChI is InChI=1S/C60H105NO10/c1-4-7-10-13-16-19-22-24-25-26-27-28-29-30-33-36-39-42-45-48-55(65)71-58-57(67)56(66)54(49-62)70-60(58)69-50-51(52(63)46-43-40-37-34-31-21-18-15-12-9-6-3)61-59(68)53(64)47-44-41-38-35-32-23-20-17-14-11-8-5-2/h16,19,24-25,27-28,32,35,41,43-44,46,51-54,56-58,60,62-64,66-67H,4-15,17-18,20-23,26,29-31,33-34,36-40,42,45,47-50H2,1-3H3,(H,61,68)/b19-16-,25-24-,28-27-,35-32-,44-41+,46-43+. The monoisotopic (exact) mass is 1000 g/mol. The molecule has 0 saturated carbocycles. The molecule has 11 heteroatoms. The molecule has 0 radical (unpaired) electrons. The number of esters is 1. The summed E-state index contributed by atoms with van der Waals surface area (Å²) in [7, 11) is 0. The van der Waals surface area contributed by atoms with Crippen molar-refractivity contribution < 1.29 is 49.3 Å². The summed E-state index contributed by atoms with van der Waals surface area (Å²) in [5.74, 6) is -1.28. The number of nitrogens with one attached hydrogen (secondary N) is 1. The first-order chi connectivity index (χ1) is 34.7. The molecule has 410 valence electrons. The Bertz CT molecular complexity index is 1430. The highest BCUT2D eigenvalue weighted by molar-refractivity contribution is 5.81. The first-order valence-corrected chi connectivity index (χ1v) is 28.7. The summed E-state index contributed by atoms with van der Waals surface area (Å²) in [6, 6.07) is -1.06. The van der Waals surface area contributed by atoms with E-state index in [9.17, 15) is 35.1 Å². The number of allylic oxidation sites excluding steroid dienone is 10. The summed E-state index contributed by atoms with van der Waals surface area (Å²) in [6.07, 6.45) is 49.7. The molecule has 0 aromatic rings. The minimum Gasteiger partial charge on any atom is -0.454 e. The van der Waals surface area contributed by atoms with E-state index in [4.69, 9.17) is 14.2 Å². The lowest BCUT2D eigenvalue weighted by Crippen LogP contribution is -2.61. The first-order valence-electron chi connectivity index (χ1n) is 28.7. The second-order valence-corrected chi connectivity index (χ2v) is 19.7. The van der Waals surface area contributed by atoms with Crippen molar-refractivity contribution in [2.75, 3.05) is 13.2 Å². The minimum atomic E-state index is -1.63. The molecule has 1 fully saturated rings. The highest BCUT2D eigenvalue weighted by Gasteiger charge is 2.47. The molecule has 71 heavy (non-hydrogen) atoms. The van der Waals surface area contributed by atoms with Crippen LogP contribution in [-0.2, 0) is 23.8 Å². The maximum absolute atomic E-state index is 13.3. The highest BCUT2D eigenvalue weighted by Crippen LogP contribution is 2.26. The van der Waals surface area contributed by atoms with E-state index in [1.165, 1.54) is 103 Å². The van der Waals surface area contributed by atoms with Gasteiger partial charge in [0.25, 0.3) is 0 Å². The molecule has 6 N–H and O–H groups in total. The zero-order valence-electron chi connectivity index (χ0n) is 45.1. The number of amides is 1. The third-order valence-corrected chi connectivity index (χ3v) is 13.1. The van der Waals surface area contributed by atoms with E-state index in [1.807, 2.05) is 12.2 Å². The Balaban J connectivity index is 2.74. The predicted octanol–water partition coefficient (Wildman–Crippen LogP) is 12.8. The van der Waals surface area contributed by atoms with Crippen molar-refractivity contribution in [3.63, 3.8) is 0 Å². The maximum atomic E-state index is 13.3. The van der Waals surface area contributed by atoms with E-state index in [0.717, 1.165) is 83.5 Å². The minimum absolute atomic E-state index is 0.0785. The molecule has 11 nitrogen and oxygen atoms in total. The Morgan fingerprint density at radius 2 is 0.972 bits per heavy atom. The van der Waals surface area contributed by atoms with Gasteiger partial charge in [0.1, 0.15) is 24.4 Å². The molecule has 8 atom stereocenters. The number of hydrogen-bond donors (Lipinski definition) is 6. The van der Waals surface area contributed by atoms with Gasteiger partial charge >= 0.3 is 5.97 Å². The lowest BCUT2D eigenvalue weighted by molar-refractivity contribution is -0.305. The van der Waals surface area contributed by atoms with Crippen molar-refractivity contribution in [3.05, 3.63) is 72.9 Å². The van der Waals surface area contributed by atoms with Crippen LogP contribution < -0.4 is 5.32 Å². The van der Waals surface area contributed by atoms with Crippen LogP contribution in [0.2, 0.25) is 0 Å². The maximum Gasteiger partial charge on any atom is 0.306 e. The summed E-state index contributed by atoms with van der Waals surface area (Å²) < 4.78 is 17.5. The smallest absolute Gasteiger partial charge is 0.306 e. The predicted molar refractivity (Wildman–Crippen MR) is 292 cm³/mol. The molecule has 0 spiro atoms. The first kappa shape index (κ1) is 66.1. The van der Waals surface area contributed by atoms with Crippen LogP contribution in [0.5, 0.6) is 0 Å². The number of aliphatic hydroxyl groups excluding tert-OH is 5. The fraction of sp³-hybridized carbons (Fsp3) is 0.767.